The number of rotatable bonds is 10. The lowest BCUT2D eigenvalue weighted by Gasteiger charge is -2.24. The van der Waals surface area contributed by atoms with Crippen LogP contribution in [0.2, 0.25) is 0 Å². The largest absolute Gasteiger partial charge is 0.290 e. The molecule has 1 fully saturated rings. The van der Waals surface area contributed by atoms with Crippen molar-refractivity contribution < 1.29 is 0 Å². The predicted molar refractivity (Wildman–Crippen MR) is 80.9 cm³/mol. The van der Waals surface area contributed by atoms with Gasteiger partial charge in [-0.15, -0.1) is 0 Å². The van der Waals surface area contributed by atoms with E-state index in [2.05, 4.69) is 30.8 Å². The monoisotopic (exact) mass is 254 g/mol. The molecule has 2 nitrogen and oxygen atoms in total. The highest BCUT2D eigenvalue weighted by Gasteiger charge is 2.24. The van der Waals surface area contributed by atoms with E-state index >= 15 is 0 Å². The van der Waals surface area contributed by atoms with E-state index in [1.165, 1.54) is 77.3 Å². The fraction of sp³-hybridized carbons (Fsp3) is 1.00. The lowest BCUT2D eigenvalue weighted by atomic mass is 10.1. The highest BCUT2D eigenvalue weighted by atomic mass is 15.4. The molecule has 1 aliphatic rings. The molecule has 0 aromatic carbocycles. The van der Waals surface area contributed by atoms with Crippen molar-refractivity contribution in [2.24, 2.45) is 0 Å². The molecule has 0 bridgehead atoms. The minimum absolute atomic E-state index is 0.717. The molecule has 0 aromatic rings. The third-order valence-corrected chi connectivity index (χ3v) is 4.39. The summed E-state index contributed by atoms with van der Waals surface area (Å²) in [5, 5.41) is 0. The normalized spacial score (nSPS) is 18.8. The second-order valence-corrected chi connectivity index (χ2v) is 6.06. The first-order valence-electron chi connectivity index (χ1n) is 8.16. The van der Waals surface area contributed by atoms with Crippen molar-refractivity contribution in [3.63, 3.8) is 0 Å². The Morgan fingerprint density at radius 3 is 1.67 bits per heavy atom. The van der Waals surface area contributed by atoms with Gasteiger partial charge in [0.05, 0.1) is 6.17 Å². The van der Waals surface area contributed by atoms with Crippen LogP contribution >= 0.6 is 0 Å². The molecule has 1 saturated heterocycles. The molecule has 0 saturated carbocycles. The Kier molecular flexibility index (Phi) is 8.70. The summed E-state index contributed by atoms with van der Waals surface area (Å²) in [6, 6.07) is 0. The zero-order valence-corrected chi connectivity index (χ0v) is 13.0. The van der Waals surface area contributed by atoms with E-state index in [4.69, 9.17) is 0 Å². The summed E-state index contributed by atoms with van der Waals surface area (Å²) in [5.74, 6) is 0. The topological polar surface area (TPSA) is 6.48 Å². The van der Waals surface area contributed by atoms with Crippen LogP contribution in [0, 0.1) is 0 Å². The SMILES string of the molecule is CCCCCCCCCCCC1N(C)CCN1C. The van der Waals surface area contributed by atoms with Gasteiger partial charge in [-0.3, -0.25) is 9.80 Å². The van der Waals surface area contributed by atoms with Crippen molar-refractivity contribution in [2.45, 2.75) is 77.3 Å². The average molecular weight is 254 g/mol. The molecular formula is C16H34N2. The number of unbranched alkanes of at least 4 members (excludes halogenated alkanes) is 8. The lowest BCUT2D eigenvalue weighted by Crippen LogP contribution is -2.34. The minimum Gasteiger partial charge on any atom is -0.290 e. The molecule has 0 spiro atoms. The van der Waals surface area contributed by atoms with Crippen molar-refractivity contribution >= 4 is 0 Å². The first-order valence-corrected chi connectivity index (χ1v) is 8.16. The van der Waals surface area contributed by atoms with Crippen LogP contribution in [0.25, 0.3) is 0 Å². The van der Waals surface area contributed by atoms with E-state index in [0.717, 1.165) is 6.17 Å². The van der Waals surface area contributed by atoms with Crippen LogP contribution in [0.3, 0.4) is 0 Å². The second kappa shape index (κ2) is 9.80. The Hall–Kier alpha value is -0.0800. The average Bonchev–Trinajstić information content (AvgIpc) is 2.68. The summed E-state index contributed by atoms with van der Waals surface area (Å²) in [4.78, 5) is 5.01. The highest BCUT2D eigenvalue weighted by molar-refractivity contribution is 4.76. The Balaban J connectivity index is 1.86. The van der Waals surface area contributed by atoms with Gasteiger partial charge in [-0.2, -0.15) is 0 Å². The van der Waals surface area contributed by atoms with Crippen LogP contribution in [0.1, 0.15) is 71.1 Å². The zero-order valence-electron chi connectivity index (χ0n) is 13.0. The van der Waals surface area contributed by atoms with E-state index in [9.17, 15) is 0 Å². The quantitative estimate of drug-likeness (QED) is 0.541. The number of hydrogen-bond acceptors (Lipinski definition) is 2. The van der Waals surface area contributed by atoms with Crippen LogP contribution in [0.4, 0.5) is 0 Å². The minimum atomic E-state index is 0.717. The summed E-state index contributed by atoms with van der Waals surface area (Å²) in [6.07, 6.45) is 15.0. The molecule has 1 aliphatic heterocycles. The van der Waals surface area contributed by atoms with Crippen molar-refractivity contribution in [2.75, 3.05) is 27.2 Å². The van der Waals surface area contributed by atoms with Gasteiger partial charge in [0, 0.05) is 13.1 Å². The van der Waals surface area contributed by atoms with Gasteiger partial charge in [-0.05, 0) is 20.5 Å². The van der Waals surface area contributed by atoms with Crippen LogP contribution in [-0.2, 0) is 0 Å². The maximum atomic E-state index is 2.50. The van der Waals surface area contributed by atoms with Crippen molar-refractivity contribution in [3.05, 3.63) is 0 Å². The summed E-state index contributed by atoms with van der Waals surface area (Å²) < 4.78 is 0. The van der Waals surface area contributed by atoms with Gasteiger partial charge in [-0.1, -0.05) is 64.7 Å². The number of hydrogen-bond donors (Lipinski definition) is 0. The fourth-order valence-electron chi connectivity index (χ4n) is 3.03. The molecule has 1 rings (SSSR count). The molecule has 2 heteroatoms. The molecule has 108 valence electrons. The first-order chi connectivity index (χ1) is 8.75. The molecule has 18 heavy (non-hydrogen) atoms. The Morgan fingerprint density at radius 1 is 0.722 bits per heavy atom. The third-order valence-electron chi connectivity index (χ3n) is 4.39. The van der Waals surface area contributed by atoms with Gasteiger partial charge < -0.3 is 0 Å². The smallest absolute Gasteiger partial charge is 0.0618 e. The Bertz CT molecular complexity index is 184. The van der Waals surface area contributed by atoms with Gasteiger partial charge >= 0.3 is 0 Å². The van der Waals surface area contributed by atoms with Crippen molar-refractivity contribution in [1.82, 2.24) is 9.80 Å². The van der Waals surface area contributed by atoms with E-state index in [1.54, 1.807) is 0 Å². The van der Waals surface area contributed by atoms with Crippen LogP contribution in [-0.4, -0.2) is 43.2 Å². The van der Waals surface area contributed by atoms with Gasteiger partial charge in [0.25, 0.3) is 0 Å². The van der Waals surface area contributed by atoms with Crippen LogP contribution < -0.4 is 0 Å². The standard InChI is InChI=1S/C16H34N2/c1-4-5-6-7-8-9-10-11-12-13-16-17(2)14-15-18(16)3/h16H,4-15H2,1-3H3. The summed E-state index contributed by atoms with van der Waals surface area (Å²) in [6.45, 7) is 4.79. The molecule has 0 N–H and O–H groups in total. The fourth-order valence-corrected chi connectivity index (χ4v) is 3.03. The molecule has 0 aliphatic carbocycles. The van der Waals surface area contributed by atoms with Crippen molar-refractivity contribution in [3.8, 4) is 0 Å². The zero-order chi connectivity index (χ0) is 13.2. The molecule has 0 radical (unpaired) electrons. The van der Waals surface area contributed by atoms with Crippen molar-refractivity contribution in [1.29, 1.82) is 0 Å². The Labute approximate surface area is 115 Å². The second-order valence-electron chi connectivity index (χ2n) is 6.06. The van der Waals surface area contributed by atoms with Gasteiger partial charge in [0.1, 0.15) is 0 Å². The third kappa shape index (κ3) is 6.19. The lowest BCUT2D eigenvalue weighted by molar-refractivity contribution is 0.171. The first kappa shape index (κ1) is 16.0. The number of nitrogens with zero attached hydrogens (tertiary/aromatic N) is 2. The molecule has 0 atom stereocenters. The van der Waals surface area contributed by atoms with E-state index in [1.807, 2.05) is 0 Å². The van der Waals surface area contributed by atoms with Crippen LogP contribution in [0.5, 0.6) is 0 Å². The van der Waals surface area contributed by atoms with Gasteiger partial charge in [-0.25, -0.2) is 0 Å². The maximum absolute atomic E-state index is 2.50. The summed E-state index contributed by atoms with van der Waals surface area (Å²) in [5.41, 5.74) is 0. The molecule has 0 amide bonds. The van der Waals surface area contributed by atoms with Gasteiger partial charge in [0.15, 0.2) is 0 Å². The molecule has 1 heterocycles. The molecule has 0 aromatic heterocycles. The summed E-state index contributed by atoms with van der Waals surface area (Å²) >= 11 is 0. The Morgan fingerprint density at radius 2 is 1.17 bits per heavy atom. The van der Waals surface area contributed by atoms with E-state index in [-0.39, 0.29) is 0 Å². The van der Waals surface area contributed by atoms with E-state index in [0.29, 0.717) is 0 Å². The number of likely N-dealkylation sites (N-methyl/N-ethyl adjacent to an activating group) is 2. The highest BCUT2D eigenvalue weighted by Crippen LogP contribution is 2.17. The van der Waals surface area contributed by atoms with E-state index < -0.39 is 0 Å². The van der Waals surface area contributed by atoms with Gasteiger partial charge in [0.2, 0.25) is 0 Å². The molecule has 0 unspecified atom stereocenters. The molecular weight excluding hydrogens is 220 g/mol. The van der Waals surface area contributed by atoms with Crippen LogP contribution in [0.15, 0.2) is 0 Å². The maximum Gasteiger partial charge on any atom is 0.0618 e. The predicted octanol–water partition coefficient (Wildman–Crippen LogP) is 4.11. The summed E-state index contributed by atoms with van der Waals surface area (Å²) in [7, 11) is 4.53.